The molecule has 1 aliphatic heterocycles. The number of ether oxygens (including phenoxy) is 2. The highest BCUT2D eigenvalue weighted by Crippen LogP contribution is 2.39. The van der Waals surface area contributed by atoms with Crippen LogP contribution in [0.1, 0.15) is 30.9 Å². The van der Waals surface area contributed by atoms with Gasteiger partial charge in [-0.15, -0.1) is 6.58 Å². The predicted molar refractivity (Wildman–Crippen MR) is 119 cm³/mol. The Morgan fingerprint density at radius 1 is 1.03 bits per heavy atom. The lowest BCUT2D eigenvalue weighted by Crippen LogP contribution is -2.19. The number of fused-ring (bicyclic) bond motifs is 1. The molecule has 1 atom stereocenters. The molecule has 30 heavy (non-hydrogen) atoms. The van der Waals surface area contributed by atoms with E-state index >= 15 is 0 Å². The van der Waals surface area contributed by atoms with Crippen LogP contribution in [0, 0.1) is 5.82 Å². The van der Waals surface area contributed by atoms with Crippen molar-refractivity contribution in [2.75, 3.05) is 12.1 Å². The second kappa shape index (κ2) is 8.62. The van der Waals surface area contributed by atoms with Crippen LogP contribution in [-0.2, 0) is 11.8 Å². The van der Waals surface area contributed by atoms with Crippen LogP contribution in [0.5, 0.6) is 11.5 Å². The van der Waals surface area contributed by atoms with Crippen molar-refractivity contribution in [1.82, 2.24) is 0 Å². The predicted octanol–water partition coefficient (Wildman–Crippen LogP) is 6.76. The van der Waals surface area contributed by atoms with Gasteiger partial charge in [-0.3, -0.25) is 0 Å². The minimum absolute atomic E-state index is 0.174. The third-order valence-electron chi connectivity index (χ3n) is 5.73. The van der Waals surface area contributed by atoms with Gasteiger partial charge < -0.3 is 14.8 Å². The van der Waals surface area contributed by atoms with E-state index in [4.69, 9.17) is 9.47 Å². The Kier molecular flexibility index (Phi) is 5.75. The summed E-state index contributed by atoms with van der Waals surface area (Å²) in [6, 6.07) is 21.0. The van der Waals surface area contributed by atoms with Crippen LogP contribution in [0.15, 0.2) is 79.4 Å². The topological polar surface area (TPSA) is 30.5 Å². The summed E-state index contributed by atoms with van der Waals surface area (Å²) in [5.74, 6) is 1.32. The maximum Gasteiger partial charge on any atom is 0.231 e. The second-order valence-corrected chi connectivity index (χ2v) is 7.85. The third kappa shape index (κ3) is 4.33. The summed E-state index contributed by atoms with van der Waals surface area (Å²) in [6.45, 7) is 6.53. The molecular weight excluding hydrogens is 377 g/mol. The number of allylic oxidation sites excluding steroid dienone is 1. The molecule has 0 amide bonds. The summed E-state index contributed by atoms with van der Waals surface area (Å²) in [5, 5.41) is 3.16. The van der Waals surface area contributed by atoms with Crippen LogP contribution < -0.4 is 14.8 Å². The van der Waals surface area contributed by atoms with Crippen LogP contribution >= 0.6 is 0 Å². The molecule has 154 valence electrons. The largest absolute Gasteiger partial charge is 0.454 e. The fourth-order valence-electron chi connectivity index (χ4n) is 3.78. The molecular formula is C26H26FNO2. The number of para-hydroxylation sites is 1. The molecule has 1 N–H and O–H groups in total. The van der Waals surface area contributed by atoms with Gasteiger partial charge in [0, 0.05) is 11.1 Å². The summed E-state index contributed by atoms with van der Waals surface area (Å²) in [6.07, 6.45) is 4.73. The zero-order valence-electron chi connectivity index (χ0n) is 17.2. The number of aryl methyl sites for hydroxylation is 1. The zero-order valence-corrected chi connectivity index (χ0v) is 17.2. The van der Waals surface area contributed by atoms with Crippen molar-refractivity contribution in [3.05, 3.63) is 96.3 Å². The van der Waals surface area contributed by atoms with Gasteiger partial charge in [0.15, 0.2) is 11.5 Å². The van der Waals surface area contributed by atoms with Crippen molar-refractivity contribution < 1.29 is 13.9 Å². The normalized spacial score (nSPS) is 14.2. The van der Waals surface area contributed by atoms with Crippen molar-refractivity contribution in [2.45, 2.75) is 31.6 Å². The molecule has 0 aromatic heterocycles. The van der Waals surface area contributed by atoms with Gasteiger partial charge in [-0.05, 0) is 66.8 Å². The molecule has 4 heteroatoms. The van der Waals surface area contributed by atoms with Gasteiger partial charge in [0.2, 0.25) is 6.79 Å². The van der Waals surface area contributed by atoms with E-state index in [-0.39, 0.29) is 18.0 Å². The first kappa shape index (κ1) is 20.0. The zero-order chi connectivity index (χ0) is 21.0. The first-order valence-corrected chi connectivity index (χ1v) is 10.2. The Labute approximate surface area is 177 Å². The van der Waals surface area contributed by atoms with Crippen molar-refractivity contribution in [3.8, 4) is 11.5 Å². The summed E-state index contributed by atoms with van der Waals surface area (Å²) < 4.78 is 25.2. The number of rotatable bonds is 8. The van der Waals surface area contributed by atoms with Crippen molar-refractivity contribution in [2.24, 2.45) is 0 Å². The smallest absolute Gasteiger partial charge is 0.231 e. The van der Waals surface area contributed by atoms with E-state index < -0.39 is 0 Å². The van der Waals surface area contributed by atoms with Crippen molar-refractivity contribution in [3.63, 3.8) is 0 Å². The monoisotopic (exact) mass is 403 g/mol. The Bertz CT molecular complexity index is 1030. The van der Waals surface area contributed by atoms with E-state index in [1.54, 1.807) is 0 Å². The SMILES string of the molecule is C=CC(C)(CCCc1ccc(F)c(Nc2ccccc2)c1)c1ccc2c(c1)OCO2. The minimum atomic E-state index is -0.251. The lowest BCUT2D eigenvalue weighted by atomic mass is 9.78. The molecule has 1 aliphatic rings. The van der Waals surface area contributed by atoms with Crippen LogP contribution in [0.25, 0.3) is 0 Å². The number of halogens is 1. The fourth-order valence-corrected chi connectivity index (χ4v) is 3.78. The molecule has 0 saturated heterocycles. The van der Waals surface area contributed by atoms with Gasteiger partial charge in [0.05, 0.1) is 5.69 Å². The molecule has 3 aromatic carbocycles. The van der Waals surface area contributed by atoms with E-state index in [0.717, 1.165) is 47.6 Å². The Morgan fingerprint density at radius 2 is 1.83 bits per heavy atom. The fraction of sp³-hybridized carbons (Fsp3) is 0.231. The van der Waals surface area contributed by atoms with Gasteiger partial charge >= 0.3 is 0 Å². The number of hydrogen-bond donors (Lipinski definition) is 1. The Hall–Kier alpha value is -3.27. The van der Waals surface area contributed by atoms with Crippen LogP contribution in [0.3, 0.4) is 0 Å². The molecule has 3 nitrogen and oxygen atoms in total. The van der Waals surface area contributed by atoms with Crippen molar-refractivity contribution in [1.29, 1.82) is 0 Å². The molecule has 1 unspecified atom stereocenters. The molecule has 0 spiro atoms. The average Bonchev–Trinajstić information content (AvgIpc) is 3.24. The van der Waals surface area contributed by atoms with Crippen molar-refractivity contribution >= 4 is 11.4 Å². The summed E-state index contributed by atoms with van der Waals surface area (Å²) in [5.41, 5.74) is 3.46. The lowest BCUT2D eigenvalue weighted by molar-refractivity contribution is 0.174. The Balaban J connectivity index is 1.42. The number of benzene rings is 3. The second-order valence-electron chi connectivity index (χ2n) is 7.85. The quantitative estimate of drug-likeness (QED) is 0.421. The highest BCUT2D eigenvalue weighted by Gasteiger charge is 2.25. The van der Waals surface area contributed by atoms with Gasteiger partial charge in [-0.2, -0.15) is 0 Å². The van der Waals surface area contributed by atoms with Crippen LogP contribution in [0.4, 0.5) is 15.8 Å². The van der Waals surface area contributed by atoms with E-state index in [0.29, 0.717) is 5.69 Å². The van der Waals surface area contributed by atoms with E-state index in [1.807, 2.05) is 60.7 Å². The van der Waals surface area contributed by atoms with Gasteiger partial charge in [-0.25, -0.2) is 4.39 Å². The van der Waals surface area contributed by atoms with E-state index in [1.165, 1.54) is 6.07 Å². The lowest BCUT2D eigenvalue weighted by Gasteiger charge is -2.27. The summed E-state index contributed by atoms with van der Waals surface area (Å²) in [4.78, 5) is 0. The van der Waals surface area contributed by atoms with E-state index in [9.17, 15) is 4.39 Å². The molecule has 1 heterocycles. The molecule has 0 bridgehead atoms. The highest BCUT2D eigenvalue weighted by molar-refractivity contribution is 5.60. The molecule has 0 radical (unpaired) electrons. The van der Waals surface area contributed by atoms with Gasteiger partial charge in [0.25, 0.3) is 0 Å². The molecule has 0 fully saturated rings. The number of anilines is 2. The number of nitrogens with one attached hydrogen (secondary N) is 1. The highest BCUT2D eigenvalue weighted by atomic mass is 19.1. The maximum absolute atomic E-state index is 14.3. The average molecular weight is 403 g/mol. The molecule has 0 aliphatic carbocycles. The Morgan fingerprint density at radius 3 is 2.63 bits per heavy atom. The first-order valence-electron chi connectivity index (χ1n) is 10.2. The van der Waals surface area contributed by atoms with Gasteiger partial charge in [0.1, 0.15) is 5.82 Å². The molecule has 0 saturated carbocycles. The standard InChI is InChI=1S/C26H26FNO2/c1-3-26(2,20-12-14-24-25(17-20)30-18-29-24)15-7-8-19-11-13-22(27)23(16-19)28-21-9-5-4-6-10-21/h3-6,9-14,16-17,28H,1,7-8,15,18H2,2H3. The minimum Gasteiger partial charge on any atom is -0.454 e. The van der Waals surface area contributed by atoms with E-state index in [2.05, 4.69) is 24.9 Å². The maximum atomic E-state index is 14.3. The third-order valence-corrected chi connectivity index (χ3v) is 5.73. The van der Waals surface area contributed by atoms with Crippen LogP contribution in [0.2, 0.25) is 0 Å². The van der Waals surface area contributed by atoms with Crippen LogP contribution in [-0.4, -0.2) is 6.79 Å². The first-order chi connectivity index (χ1) is 14.6. The van der Waals surface area contributed by atoms with Gasteiger partial charge in [-0.1, -0.05) is 43.3 Å². The summed E-state index contributed by atoms with van der Waals surface area (Å²) >= 11 is 0. The molecule has 3 aromatic rings. The molecule has 4 rings (SSSR count). The summed E-state index contributed by atoms with van der Waals surface area (Å²) in [7, 11) is 0. The number of hydrogen-bond acceptors (Lipinski definition) is 3.